The van der Waals surface area contributed by atoms with E-state index in [1.165, 1.54) is 6.07 Å². The zero-order valence-electron chi connectivity index (χ0n) is 11.8. The molecule has 0 atom stereocenters. The molecule has 2 aromatic rings. The van der Waals surface area contributed by atoms with Crippen LogP contribution < -0.4 is 5.32 Å². The van der Waals surface area contributed by atoms with Crippen LogP contribution in [0.25, 0.3) is 10.9 Å². The number of fused-ring (bicyclic) bond motifs is 1. The summed E-state index contributed by atoms with van der Waals surface area (Å²) in [6.45, 7) is 6.89. The Bertz CT molecular complexity index is 656. The third-order valence-electron chi connectivity index (χ3n) is 3.34. The molecule has 108 valence electrons. The fourth-order valence-electron chi connectivity index (χ4n) is 2.28. The van der Waals surface area contributed by atoms with Gasteiger partial charge in [0.25, 0.3) is 0 Å². The highest BCUT2D eigenvalue weighted by Crippen LogP contribution is 2.38. The van der Waals surface area contributed by atoms with E-state index in [1.54, 1.807) is 0 Å². The average molecular weight is 315 g/mol. The summed E-state index contributed by atoms with van der Waals surface area (Å²) in [5, 5.41) is 3.98. The number of rotatable bonds is 4. The van der Waals surface area contributed by atoms with Gasteiger partial charge in [0.1, 0.15) is 0 Å². The molecule has 0 amide bonds. The van der Waals surface area contributed by atoms with E-state index >= 15 is 0 Å². The van der Waals surface area contributed by atoms with Gasteiger partial charge in [-0.3, -0.25) is 4.98 Å². The summed E-state index contributed by atoms with van der Waals surface area (Å²) >= 11 is 12.0. The Morgan fingerprint density at radius 1 is 1.30 bits per heavy atom. The topological polar surface area (TPSA) is 24.9 Å². The molecule has 0 aliphatic carbocycles. The van der Waals surface area contributed by atoms with E-state index in [0.717, 1.165) is 36.3 Å². The monoisotopic (exact) mass is 314 g/mol. The van der Waals surface area contributed by atoms with E-state index in [0.29, 0.717) is 10.9 Å². The predicted octanol–water partition coefficient (Wildman–Crippen LogP) is 5.37. The van der Waals surface area contributed by atoms with Crippen LogP contribution in [-0.2, 0) is 6.42 Å². The second kappa shape index (κ2) is 6.15. The number of halogens is 3. The maximum Gasteiger partial charge on any atom is 0.161 e. The zero-order valence-corrected chi connectivity index (χ0v) is 13.3. The van der Waals surface area contributed by atoms with Crippen LogP contribution in [0, 0.1) is 12.7 Å². The molecule has 1 aromatic carbocycles. The van der Waals surface area contributed by atoms with Crippen molar-refractivity contribution in [3.8, 4) is 0 Å². The molecule has 2 nitrogen and oxygen atoms in total. The Morgan fingerprint density at radius 2 is 2.00 bits per heavy atom. The van der Waals surface area contributed by atoms with Crippen LogP contribution in [0.15, 0.2) is 6.07 Å². The smallest absolute Gasteiger partial charge is 0.161 e. The average Bonchev–Trinajstić information content (AvgIpc) is 2.44. The quantitative estimate of drug-likeness (QED) is 0.767. The molecule has 1 heterocycles. The summed E-state index contributed by atoms with van der Waals surface area (Å²) in [6, 6.07) is 1.54. The van der Waals surface area contributed by atoms with Crippen molar-refractivity contribution in [1.82, 2.24) is 4.98 Å². The van der Waals surface area contributed by atoms with E-state index in [-0.39, 0.29) is 10.0 Å². The molecule has 0 radical (unpaired) electrons. The third kappa shape index (κ3) is 2.57. The second-order valence-corrected chi connectivity index (χ2v) is 5.50. The van der Waals surface area contributed by atoms with Crippen LogP contribution in [0.4, 0.5) is 10.1 Å². The van der Waals surface area contributed by atoms with Crippen molar-refractivity contribution in [2.75, 3.05) is 11.9 Å². The number of aryl methyl sites for hydroxylation is 1. The van der Waals surface area contributed by atoms with Crippen molar-refractivity contribution in [2.45, 2.75) is 33.6 Å². The van der Waals surface area contributed by atoms with Gasteiger partial charge in [0.2, 0.25) is 0 Å². The minimum atomic E-state index is -0.592. The molecular weight excluding hydrogens is 298 g/mol. The summed E-state index contributed by atoms with van der Waals surface area (Å²) in [6.07, 6.45) is 1.77. The summed E-state index contributed by atoms with van der Waals surface area (Å²) in [5.74, 6) is -0.592. The molecule has 5 heteroatoms. The number of nitrogens with zero attached hydrogens (tertiary/aromatic N) is 1. The minimum Gasteiger partial charge on any atom is -0.384 e. The van der Waals surface area contributed by atoms with E-state index in [9.17, 15) is 4.39 Å². The molecule has 0 aliphatic heterocycles. The van der Waals surface area contributed by atoms with Gasteiger partial charge in [-0.05, 0) is 31.4 Å². The first kappa shape index (κ1) is 15.3. The van der Waals surface area contributed by atoms with Crippen LogP contribution in [-0.4, -0.2) is 11.5 Å². The van der Waals surface area contributed by atoms with Crippen LogP contribution in [0.2, 0.25) is 10.0 Å². The number of anilines is 1. The highest BCUT2D eigenvalue weighted by molar-refractivity contribution is 6.39. The van der Waals surface area contributed by atoms with Crippen molar-refractivity contribution in [2.24, 2.45) is 0 Å². The van der Waals surface area contributed by atoms with Gasteiger partial charge in [0.15, 0.2) is 5.82 Å². The fraction of sp³-hybridized carbons (Fsp3) is 0.400. The Balaban J connectivity index is 2.82. The Kier molecular flexibility index (Phi) is 4.71. The van der Waals surface area contributed by atoms with Gasteiger partial charge >= 0.3 is 0 Å². The van der Waals surface area contributed by atoms with Crippen LogP contribution in [0.5, 0.6) is 0 Å². The number of nitrogens with one attached hydrogen (secondary N) is 1. The SMILES string of the molecule is CCCNc1c(C)c(CC)nc2cc(Cl)c(F)c(Cl)c12. The lowest BCUT2D eigenvalue weighted by Gasteiger charge is -2.17. The van der Waals surface area contributed by atoms with Gasteiger partial charge in [-0.2, -0.15) is 0 Å². The molecule has 0 unspecified atom stereocenters. The van der Waals surface area contributed by atoms with Gasteiger partial charge in [0.05, 0.1) is 15.6 Å². The molecule has 0 saturated heterocycles. The van der Waals surface area contributed by atoms with Crippen LogP contribution in [0.3, 0.4) is 0 Å². The van der Waals surface area contributed by atoms with Gasteiger partial charge in [-0.15, -0.1) is 0 Å². The van der Waals surface area contributed by atoms with Crippen molar-refractivity contribution in [1.29, 1.82) is 0 Å². The number of aromatic nitrogens is 1. The second-order valence-electron chi connectivity index (χ2n) is 4.72. The highest BCUT2D eigenvalue weighted by atomic mass is 35.5. The highest BCUT2D eigenvalue weighted by Gasteiger charge is 2.18. The van der Waals surface area contributed by atoms with E-state index in [1.807, 2.05) is 13.8 Å². The number of hydrogen-bond acceptors (Lipinski definition) is 2. The minimum absolute atomic E-state index is 0.00217. The first-order valence-corrected chi connectivity index (χ1v) is 7.47. The maximum absolute atomic E-state index is 14.0. The molecule has 1 N–H and O–H groups in total. The standard InChI is InChI=1S/C15H17Cl2FN2/c1-4-6-19-15-8(3)10(5-2)20-11-7-9(16)14(18)13(17)12(11)15/h7H,4-6H2,1-3H3,(H,19,20). The molecule has 1 aromatic heterocycles. The molecule has 0 bridgehead atoms. The normalized spacial score (nSPS) is 11.1. The maximum atomic E-state index is 14.0. The Hall–Kier alpha value is -1.06. The lowest BCUT2D eigenvalue weighted by atomic mass is 10.0. The largest absolute Gasteiger partial charge is 0.384 e. The fourth-order valence-corrected chi connectivity index (χ4v) is 2.82. The van der Waals surface area contributed by atoms with Gasteiger partial charge < -0.3 is 5.32 Å². The summed E-state index contributed by atoms with van der Waals surface area (Å²) in [7, 11) is 0. The molecule has 0 saturated carbocycles. The van der Waals surface area contributed by atoms with Gasteiger partial charge in [-0.25, -0.2) is 4.39 Å². The first-order chi connectivity index (χ1) is 9.51. The first-order valence-electron chi connectivity index (χ1n) is 6.71. The molecule has 0 aliphatic rings. The van der Waals surface area contributed by atoms with Crippen molar-refractivity contribution in [3.63, 3.8) is 0 Å². The zero-order chi connectivity index (χ0) is 14.9. The number of hydrogen-bond donors (Lipinski definition) is 1. The van der Waals surface area contributed by atoms with Gasteiger partial charge in [0, 0.05) is 23.3 Å². The third-order valence-corrected chi connectivity index (χ3v) is 3.97. The Morgan fingerprint density at radius 3 is 2.60 bits per heavy atom. The van der Waals surface area contributed by atoms with E-state index in [2.05, 4.69) is 17.2 Å². The van der Waals surface area contributed by atoms with Gasteiger partial charge in [-0.1, -0.05) is 37.0 Å². The van der Waals surface area contributed by atoms with Crippen molar-refractivity contribution >= 4 is 39.8 Å². The lowest BCUT2D eigenvalue weighted by Crippen LogP contribution is -2.06. The molecular formula is C15H17Cl2FN2. The molecule has 2 rings (SSSR count). The molecule has 0 fully saturated rings. The predicted molar refractivity (Wildman–Crippen MR) is 84.6 cm³/mol. The van der Waals surface area contributed by atoms with E-state index in [4.69, 9.17) is 23.2 Å². The van der Waals surface area contributed by atoms with Crippen LogP contribution in [0.1, 0.15) is 31.5 Å². The molecule has 0 spiro atoms. The lowest BCUT2D eigenvalue weighted by molar-refractivity contribution is 0.630. The summed E-state index contributed by atoms with van der Waals surface area (Å²) in [5.41, 5.74) is 3.46. The van der Waals surface area contributed by atoms with Crippen molar-refractivity contribution < 1.29 is 4.39 Å². The number of pyridine rings is 1. The number of benzene rings is 1. The van der Waals surface area contributed by atoms with E-state index < -0.39 is 5.82 Å². The van der Waals surface area contributed by atoms with Crippen molar-refractivity contribution in [3.05, 3.63) is 33.2 Å². The van der Waals surface area contributed by atoms with Crippen LogP contribution >= 0.6 is 23.2 Å². The summed E-state index contributed by atoms with van der Waals surface area (Å²) < 4.78 is 14.0. The molecule has 20 heavy (non-hydrogen) atoms. The summed E-state index contributed by atoms with van der Waals surface area (Å²) in [4.78, 5) is 4.55. The Labute approximate surface area is 128 Å².